The molecule has 2 aromatic rings. The van der Waals surface area contributed by atoms with Crippen LogP contribution >= 0.6 is 0 Å². The fourth-order valence-corrected chi connectivity index (χ4v) is 3.01. The van der Waals surface area contributed by atoms with E-state index < -0.39 is 9.84 Å². The molecule has 1 aromatic heterocycles. The van der Waals surface area contributed by atoms with Gasteiger partial charge >= 0.3 is 0 Å². The molecule has 0 bridgehead atoms. The van der Waals surface area contributed by atoms with E-state index in [-0.39, 0.29) is 11.5 Å². The van der Waals surface area contributed by atoms with E-state index in [2.05, 4.69) is 0 Å². The van der Waals surface area contributed by atoms with Crippen LogP contribution in [-0.2, 0) is 29.2 Å². The van der Waals surface area contributed by atoms with Crippen LogP contribution in [-0.4, -0.2) is 18.7 Å². The normalized spacial score (nSPS) is 12.2. The molecular formula is C13H18N2O2S. The molecule has 0 radical (unpaired) electrons. The Labute approximate surface area is 107 Å². The maximum absolute atomic E-state index is 11.7. The summed E-state index contributed by atoms with van der Waals surface area (Å²) in [4.78, 5) is 0. The van der Waals surface area contributed by atoms with Gasteiger partial charge in [-0.15, -0.1) is 0 Å². The van der Waals surface area contributed by atoms with Gasteiger partial charge in [0.15, 0.2) is 9.84 Å². The third kappa shape index (κ3) is 2.42. The van der Waals surface area contributed by atoms with Crippen molar-refractivity contribution in [1.29, 1.82) is 0 Å². The van der Waals surface area contributed by atoms with Gasteiger partial charge in [-0.25, -0.2) is 8.42 Å². The van der Waals surface area contributed by atoms with Gasteiger partial charge in [-0.1, -0.05) is 13.0 Å². The number of benzene rings is 1. The zero-order chi connectivity index (χ0) is 13.3. The summed E-state index contributed by atoms with van der Waals surface area (Å²) in [6, 6.07) is 5.94. The van der Waals surface area contributed by atoms with Gasteiger partial charge in [-0.3, -0.25) is 0 Å². The number of hydrogen-bond acceptors (Lipinski definition) is 3. The maximum atomic E-state index is 11.7. The van der Waals surface area contributed by atoms with Crippen molar-refractivity contribution in [3.05, 3.63) is 35.5 Å². The van der Waals surface area contributed by atoms with Gasteiger partial charge in [0.1, 0.15) is 0 Å². The lowest BCUT2D eigenvalue weighted by Gasteiger charge is -2.02. The van der Waals surface area contributed by atoms with E-state index in [9.17, 15) is 8.42 Å². The van der Waals surface area contributed by atoms with Crippen LogP contribution in [0.4, 0.5) is 0 Å². The number of fused-ring (bicyclic) bond motifs is 1. The first-order valence-electron chi connectivity index (χ1n) is 5.94. The molecule has 2 N–H and O–H groups in total. The van der Waals surface area contributed by atoms with Crippen molar-refractivity contribution in [1.82, 2.24) is 4.57 Å². The summed E-state index contributed by atoms with van der Waals surface area (Å²) >= 11 is 0. The molecule has 0 spiro atoms. The fraction of sp³-hybridized carbons (Fsp3) is 0.385. The lowest BCUT2D eigenvalue weighted by Crippen LogP contribution is -2.06. The molecule has 0 amide bonds. The average molecular weight is 266 g/mol. The zero-order valence-corrected chi connectivity index (χ0v) is 11.5. The molecule has 1 aromatic carbocycles. The molecule has 5 heteroatoms. The molecule has 0 saturated carbocycles. The average Bonchev–Trinajstić information content (AvgIpc) is 2.65. The Bertz CT molecular complexity index is 672. The van der Waals surface area contributed by atoms with E-state index >= 15 is 0 Å². The third-order valence-corrected chi connectivity index (χ3v) is 4.82. The van der Waals surface area contributed by atoms with Crippen LogP contribution in [0, 0.1) is 0 Å². The minimum atomic E-state index is -3.01. The lowest BCUT2D eigenvalue weighted by molar-refractivity contribution is 0.596. The number of aromatic nitrogens is 1. The summed E-state index contributed by atoms with van der Waals surface area (Å²) in [6.45, 7) is 2.14. The van der Waals surface area contributed by atoms with Gasteiger partial charge in [0.2, 0.25) is 0 Å². The topological polar surface area (TPSA) is 65.1 Å². The van der Waals surface area contributed by atoms with E-state index in [1.165, 1.54) is 0 Å². The summed E-state index contributed by atoms with van der Waals surface area (Å²) in [7, 11) is -1.09. The highest BCUT2D eigenvalue weighted by Gasteiger charge is 2.14. The van der Waals surface area contributed by atoms with Gasteiger partial charge in [0, 0.05) is 36.4 Å². The first-order valence-corrected chi connectivity index (χ1v) is 7.76. The first-order chi connectivity index (χ1) is 8.46. The summed E-state index contributed by atoms with van der Waals surface area (Å²) in [6.07, 6.45) is 1.89. The van der Waals surface area contributed by atoms with Crippen molar-refractivity contribution < 1.29 is 8.42 Å². The van der Waals surface area contributed by atoms with Crippen molar-refractivity contribution in [2.75, 3.05) is 5.75 Å². The van der Waals surface area contributed by atoms with Gasteiger partial charge in [-0.2, -0.15) is 0 Å². The summed E-state index contributed by atoms with van der Waals surface area (Å²) in [5.41, 5.74) is 8.53. The molecule has 0 fully saturated rings. The van der Waals surface area contributed by atoms with Crippen LogP contribution in [0.15, 0.2) is 24.4 Å². The quantitative estimate of drug-likeness (QED) is 0.913. The van der Waals surface area contributed by atoms with Crippen LogP contribution in [0.25, 0.3) is 10.9 Å². The summed E-state index contributed by atoms with van der Waals surface area (Å²) in [5, 5.41) is 0.984. The van der Waals surface area contributed by atoms with Gasteiger partial charge in [0.05, 0.1) is 5.75 Å². The fourth-order valence-electron chi connectivity index (χ4n) is 2.10. The van der Waals surface area contributed by atoms with Crippen molar-refractivity contribution in [3.8, 4) is 0 Å². The highest BCUT2D eigenvalue weighted by atomic mass is 32.2. The lowest BCUT2D eigenvalue weighted by atomic mass is 10.1. The number of nitrogens with two attached hydrogens (primary N) is 1. The smallest absolute Gasteiger partial charge is 0.154 e. The van der Waals surface area contributed by atoms with E-state index in [0.717, 1.165) is 22.0 Å². The minimum Gasteiger partial charge on any atom is -0.350 e. The molecular weight excluding hydrogens is 248 g/mol. The predicted octanol–water partition coefficient (Wildman–Crippen LogP) is 1.57. The van der Waals surface area contributed by atoms with E-state index in [0.29, 0.717) is 6.54 Å². The Morgan fingerprint density at radius 3 is 2.67 bits per heavy atom. The molecule has 0 aliphatic carbocycles. The van der Waals surface area contributed by atoms with Crippen LogP contribution in [0.1, 0.15) is 18.1 Å². The number of rotatable bonds is 4. The zero-order valence-electron chi connectivity index (χ0n) is 10.7. The van der Waals surface area contributed by atoms with E-state index in [4.69, 9.17) is 5.73 Å². The molecule has 0 saturated heterocycles. The van der Waals surface area contributed by atoms with Crippen molar-refractivity contribution >= 4 is 20.7 Å². The number of hydrogen-bond donors (Lipinski definition) is 1. The maximum Gasteiger partial charge on any atom is 0.154 e. The van der Waals surface area contributed by atoms with Crippen LogP contribution < -0.4 is 5.73 Å². The van der Waals surface area contributed by atoms with E-state index in [1.807, 2.05) is 36.0 Å². The monoisotopic (exact) mass is 266 g/mol. The van der Waals surface area contributed by atoms with Gasteiger partial charge in [-0.05, 0) is 23.3 Å². The van der Waals surface area contributed by atoms with Gasteiger partial charge < -0.3 is 10.3 Å². The Morgan fingerprint density at radius 1 is 1.33 bits per heavy atom. The number of aryl methyl sites for hydroxylation is 1. The number of sulfone groups is 1. The molecule has 0 atom stereocenters. The van der Waals surface area contributed by atoms with Crippen molar-refractivity contribution in [2.24, 2.45) is 12.8 Å². The second-order valence-corrected chi connectivity index (χ2v) is 6.85. The highest BCUT2D eigenvalue weighted by molar-refractivity contribution is 7.90. The summed E-state index contributed by atoms with van der Waals surface area (Å²) in [5.74, 6) is 0.259. The molecule has 0 aliphatic heterocycles. The molecule has 4 nitrogen and oxygen atoms in total. The third-order valence-electron chi connectivity index (χ3n) is 3.19. The Kier molecular flexibility index (Phi) is 3.45. The molecule has 0 aliphatic rings. The first kappa shape index (κ1) is 13.1. The Balaban J connectivity index is 2.57. The van der Waals surface area contributed by atoms with E-state index in [1.54, 1.807) is 6.92 Å². The standard InChI is InChI=1S/C13H18N2O2S/c1-3-18(16,17)9-11-8-15(2)13-5-4-10(7-14)6-12(11)13/h4-6,8H,3,7,9,14H2,1-2H3. The molecule has 2 rings (SSSR count). The molecule has 98 valence electrons. The second-order valence-electron chi connectivity index (χ2n) is 4.50. The highest BCUT2D eigenvalue weighted by Crippen LogP contribution is 2.24. The van der Waals surface area contributed by atoms with Crippen molar-refractivity contribution in [3.63, 3.8) is 0 Å². The number of nitrogens with zero attached hydrogens (tertiary/aromatic N) is 1. The molecule has 0 unspecified atom stereocenters. The molecule has 1 heterocycles. The van der Waals surface area contributed by atoms with Crippen LogP contribution in [0.5, 0.6) is 0 Å². The van der Waals surface area contributed by atoms with Crippen molar-refractivity contribution in [2.45, 2.75) is 19.2 Å². The summed E-state index contributed by atoms with van der Waals surface area (Å²) < 4.78 is 25.4. The molecule has 18 heavy (non-hydrogen) atoms. The van der Waals surface area contributed by atoms with Crippen LogP contribution in [0.2, 0.25) is 0 Å². The second kappa shape index (κ2) is 4.74. The van der Waals surface area contributed by atoms with Gasteiger partial charge in [0.25, 0.3) is 0 Å². The predicted molar refractivity (Wildman–Crippen MR) is 74.0 cm³/mol. The Morgan fingerprint density at radius 2 is 2.06 bits per heavy atom. The Hall–Kier alpha value is -1.33. The minimum absolute atomic E-state index is 0.0921. The largest absolute Gasteiger partial charge is 0.350 e. The van der Waals surface area contributed by atoms with Crippen LogP contribution in [0.3, 0.4) is 0 Å². The SMILES string of the molecule is CCS(=O)(=O)Cc1cn(C)c2ccc(CN)cc12.